The largest absolute Gasteiger partial charge is 0.381 e. The molecule has 0 saturated carbocycles. The van der Waals surface area contributed by atoms with Crippen LogP contribution in [0.4, 0.5) is 5.69 Å². The molecule has 3 heterocycles. The molecular weight excluding hydrogens is 430 g/mol. The van der Waals surface area contributed by atoms with E-state index >= 15 is 0 Å². The third-order valence-corrected chi connectivity index (χ3v) is 7.90. The fourth-order valence-corrected chi connectivity index (χ4v) is 5.71. The van der Waals surface area contributed by atoms with Crippen molar-refractivity contribution in [1.82, 2.24) is 10.2 Å². The summed E-state index contributed by atoms with van der Waals surface area (Å²) in [5.74, 6) is 7.73. The molecule has 2 saturated heterocycles. The van der Waals surface area contributed by atoms with Crippen molar-refractivity contribution in [2.45, 2.75) is 65.8 Å². The van der Waals surface area contributed by atoms with Gasteiger partial charge in [0.15, 0.2) is 0 Å². The summed E-state index contributed by atoms with van der Waals surface area (Å²) < 4.78 is 5.67. The van der Waals surface area contributed by atoms with E-state index in [2.05, 4.69) is 86.5 Å². The van der Waals surface area contributed by atoms with Gasteiger partial charge in [-0.3, -0.25) is 0 Å². The van der Waals surface area contributed by atoms with Crippen LogP contribution >= 0.6 is 0 Å². The van der Waals surface area contributed by atoms with Gasteiger partial charge in [-0.15, -0.1) is 0 Å². The molecule has 0 unspecified atom stereocenters. The van der Waals surface area contributed by atoms with Crippen molar-refractivity contribution in [3.8, 4) is 11.8 Å². The molecule has 1 aromatic rings. The van der Waals surface area contributed by atoms with Crippen molar-refractivity contribution in [2.75, 3.05) is 44.8 Å². The fourth-order valence-electron chi connectivity index (χ4n) is 5.71. The van der Waals surface area contributed by atoms with Gasteiger partial charge in [0.1, 0.15) is 0 Å². The quantitative estimate of drug-likeness (QED) is 0.566. The molecule has 4 rings (SSSR count). The van der Waals surface area contributed by atoms with E-state index in [0.717, 1.165) is 69.1 Å². The first-order valence-electron chi connectivity index (χ1n) is 13.4. The van der Waals surface area contributed by atoms with Gasteiger partial charge in [0.2, 0.25) is 0 Å². The third kappa shape index (κ3) is 6.21. The lowest BCUT2D eigenvalue weighted by molar-refractivity contribution is 0.0846. The highest BCUT2D eigenvalue weighted by Crippen LogP contribution is 2.33. The van der Waals surface area contributed by atoms with Crippen molar-refractivity contribution >= 4 is 5.69 Å². The first kappa shape index (κ1) is 25.6. The Morgan fingerprint density at radius 2 is 1.83 bits per heavy atom. The molecule has 0 spiro atoms. The van der Waals surface area contributed by atoms with Crippen molar-refractivity contribution in [3.63, 3.8) is 0 Å². The highest BCUT2D eigenvalue weighted by molar-refractivity contribution is 5.63. The zero-order valence-electron chi connectivity index (χ0n) is 22.5. The van der Waals surface area contributed by atoms with Crippen molar-refractivity contribution in [2.24, 2.45) is 5.92 Å². The Hall–Kier alpha value is -2.48. The average Bonchev–Trinajstić information content (AvgIpc) is 2.84. The molecule has 0 aromatic heterocycles. The number of anilines is 1. The molecule has 0 aliphatic carbocycles. The predicted octanol–water partition coefficient (Wildman–Crippen LogP) is 5.57. The number of piperidine rings is 1. The van der Waals surface area contributed by atoms with Crippen LogP contribution in [0.15, 0.2) is 47.3 Å². The van der Waals surface area contributed by atoms with Crippen molar-refractivity contribution < 1.29 is 4.74 Å². The average molecular weight is 474 g/mol. The highest BCUT2D eigenvalue weighted by atomic mass is 16.5. The molecule has 4 nitrogen and oxygen atoms in total. The number of hydrogen-bond donors (Lipinski definition) is 1. The molecule has 0 bridgehead atoms. The summed E-state index contributed by atoms with van der Waals surface area (Å²) in [6.07, 6.45) is 7.61. The standard InChI is InChI=1S/C31H43N3O/c1-7-34(29-12-16-35-17-13-29)31-20-27(9-8-26-10-14-33(6)15-11-26)19-28(24(31)4)21-30-22(2)18-23(3)32-25(30)5/h18-20,26,29,32H,5,7,10-17,21H2,1-4,6H3. The molecule has 1 aromatic carbocycles. The number of benzene rings is 1. The Kier molecular flexibility index (Phi) is 8.42. The monoisotopic (exact) mass is 473 g/mol. The molecule has 3 aliphatic rings. The van der Waals surface area contributed by atoms with Crippen LogP contribution in [0.3, 0.4) is 0 Å². The lowest BCUT2D eigenvalue weighted by Crippen LogP contribution is -2.40. The van der Waals surface area contributed by atoms with Gasteiger partial charge >= 0.3 is 0 Å². The number of allylic oxidation sites excluding steroid dienone is 4. The smallest absolute Gasteiger partial charge is 0.0485 e. The zero-order valence-corrected chi connectivity index (χ0v) is 22.5. The van der Waals surface area contributed by atoms with Crippen LogP contribution in [-0.4, -0.2) is 50.8 Å². The summed E-state index contributed by atoms with van der Waals surface area (Å²) in [6, 6.07) is 5.20. The molecule has 3 aliphatic heterocycles. The predicted molar refractivity (Wildman–Crippen MR) is 148 cm³/mol. The Balaban J connectivity index is 1.72. The van der Waals surface area contributed by atoms with Crippen molar-refractivity contribution in [3.05, 3.63) is 64.0 Å². The zero-order chi connectivity index (χ0) is 24.9. The van der Waals surface area contributed by atoms with Crippen LogP contribution in [0.5, 0.6) is 0 Å². The van der Waals surface area contributed by atoms with Gasteiger partial charge in [-0.05, 0) is 114 Å². The molecule has 0 amide bonds. The number of rotatable bonds is 5. The molecule has 4 heteroatoms. The van der Waals surface area contributed by atoms with Crippen LogP contribution in [0.25, 0.3) is 0 Å². The van der Waals surface area contributed by atoms with E-state index in [4.69, 9.17) is 4.74 Å². The first-order chi connectivity index (χ1) is 16.9. The van der Waals surface area contributed by atoms with Gasteiger partial charge < -0.3 is 19.9 Å². The molecule has 2 fully saturated rings. The molecular formula is C31H43N3O. The SMILES string of the molecule is C=C1NC(C)=CC(C)=C1Cc1cc(C#CC2CCN(C)CC2)cc(N(CC)C2CCOCC2)c1C. The van der Waals surface area contributed by atoms with E-state index < -0.39 is 0 Å². The number of nitrogens with one attached hydrogen (secondary N) is 1. The molecule has 35 heavy (non-hydrogen) atoms. The number of hydrogen-bond acceptors (Lipinski definition) is 4. The van der Waals surface area contributed by atoms with Crippen LogP contribution in [0, 0.1) is 24.7 Å². The lowest BCUT2D eigenvalue weighted by Gasteiger charge is -2.37. The second-order valence-electron chi connectivity index (χ2n) is 10.5. The van der Waals surface area contributed by atoms with E-state index in [1.807, 2.05) is 0 Å². The molecule has 188 valence electrons. The number of dihydropyridines is 1. The summed E-state index contributed by atoms with van der Waals surface area (Å²) in [4.78, 5) is 5.01. The van der Waals surface area contributed by atoms with Crippen LogP contribution in [-0.2, 0) is 11.2 Å². The second kappa shape index (κ2) is 11.5. The highest BCUT2D eigenvalue weighted by Gasteiger charge is 2.24. The normalized spacial score (nSPS) is 20.3. The Labute approximate surface area is 213 Å². The van der Waals surface area contributed by atoms with Crippen LogP contribution < -0.4 is 10.2 Å². The Morgan fingerprint density at radius 1 is 1.11 bits per heavy atom. The lowest BCUT2D eigenvalue weighted by atomic mass is 9.90. The van der Waals surface area contributed by atoms with Gasteiger partial charge in [0.05, 0.1) is 0 Å². The van der Waals surface area contributed by atoms with Gasteiger partial charge in [-0.1, -0.05) is 18.4 Å². The minimum Gasteiger partial charge on any atom is -0.381 e. The van der Waals surface area contributed by atoms with E-state index in [1.165, 1.54) is 40.8 Å². The van der Waals surface area contributed by atoms with Gasteiger partial charge in [-0.25, -0.2) is 0 Å². The maximum Gasteiger partial charge on any atom is 0.0485 e. The van der Waals surface area contributed by atoms with Crippen molar-refractivity contribution in [1.29, 1.82) is 0 Å². The molecule has 0 radical (unpaired) electrons. The van der Waals surface area contributed by atoms with Crippen LogP contribution in [0.1, 0.15) is 63.1 Å². The molecule has 0 atom stereocenters. The summed E-state index contributed by atoms with van der Waals surface area (Å²) in [5.41, 5.74) is 9.96. The fraction of sp³-hybridized carbons (Fsp3) is 0.548. The third-order valence-electron chi connectivity index (χ3n) is 7.90. The number of nitrogens with zero attached hydrogens (tertiary/aromatic N) is 2. The van der Waals surface area contributed by atoms with E-state index in [-0.39, 0.29) is 0 Å². The maximum absolute atomic E-state index is 5.67. The second-order valence-corrected chi connectivity index (χ2v) is 10.5. The maximum atomic E-state index is 5.67. The van der Waals surface area contributed by atoms with Gasteiger partial charge in [0, 0.05) is 60.8 Å². The summed E-state index contributed by atoms with van der Waals surface area (Å²) in [5, 5.41) is 3.44. The first-order valence-corrected chi connectivity index (χ1v) is 13.4. The van der Waals surface area contributed by atoms with Crippen LogP contribution in [0.2, 0.25) is 0 Å². The summed E-state index contributed by atoms with van der Waals surface area (Å²) in [7, 11) is 2.21. The Bertz CT molecular complexity index is 1060. The number of ether oxygens (including phenoxy) is 1. The minimum atomic E-state index is 0.498. The molecule has 1 N–H and O–H groups in total. The minimum absolute atomic E-state index is 0.498. The number of likely N-dealkylation sites (tertiary alicyclic amines) is 1. The van der Waals surface area contributed by atoms with E-state index in [0.29, 0.717) is 12.0 Å². The van der Waals surface area contributed by atoms with E-state index in [1.54, 1.807) is 0 Å². The summed E-state index contributed by atoms with van der Waals surface area (Å²) >= 11 is 0. The van der Waals surface area contributed by atoms with Gasteiger partial charge in [-0.2, -0.15) is 0 Å². The van der Waals surface area contributed by atoms with Gasteiger partial charge in [0.25, 0.3) is 0 Å². The Morgan fingerprint density at radius 3 is 2.49 bits per heavy atom. The summed E-state index contributed by atoms with van der Waals surface area (Å²) in [6.45, 7) is 18.2. The van der Waals surface area contributed by atoms with E-state index in [9.17, 15) is 0 Å². The topological polar surface area (TPSA) is 27.7 Å².